The van der Waals surface area contributed by atoms with Crippen molar-refractivity contribution in [2.45, 2.75) is 32.6 Å². The summed E-state index contributed by atoms with van der Waals surface area (Å²) < 4.78 is 5.70. The highest BCUT2D eigenvalue weighted by Crippen LogP contribution is 2.21. The molecule has 0 aliphatic rings. The largest absolute Gasteiger partial charge is 0.441 e. The van der Waals surface area contributed by atoms with Crippen LogP contribution in [0.4, 0.5) is 0 Å². The number of fused-ring (bicyclic) bond motifs is 1. The summed E-state index contributed by atoms with van der Waals surface area (Å²) in [5.41, 5.74) is 2.84. The first kappa shape index (κ1) is 10.9. The second-order valence-electron chi connectivity index (χ2n) is 3.96. The van der Waals surface area contributed by atoms with Crippen LogP contribution in [0.3, 0.4) is 0 Å². The molecule has 0 unspecified atom stereocenters. The number of benzene rings is 1. The van der Waals surface area contributed by atoms with Crippen molar-refractivity contribution >= 4 is 17.2 Å². The van der Waals surface area contributed by atoms with Gasteiger partial charge in [0.15, 0.2) is 11.5 Å². The van der Waals surface area contributed by atoms with E-state index in [1.807, 2.05) is 24.3 Å². The average molecular weight is 215 g/mol. The number of hydrogen-bond donors (Lipinski definition) is 0. The van der Waals surface area contributed by atoms with Crippen molar-refractivity contribution in [1.29, 1.82) is 0 Å². The molecule has 0 bridgehead atoms. The number of rotatable bonds is 5. The van der Waals surface area contributed by atoms with Crippen molar-refractivity contribution in [1.82, 2.24) is 4.98 Å². The van der Waals surface area contributed by atoms with Crippen LogP contribution in [0, 0.1) is 0 Å². The van der Waals surface area contributed by atoms with Gasteiger partial charge < -0.3 is 4.42 Å². The minimum Gasteiger partial charge on any atom is -0.441 e. The number of aryl methyl sites for hydroxylation is 1. The van der Waals surface area contributed by atoms with E-state index in [9.17, 15) is 0 Å². The van der Waals surface area contributed by atoms with Gasteiger partial charge in [-0.3, -0.25) is 0 Å². The molecule has 0 spiro atoms. The van der Waals surface area contributed by atoms with Gasteiger partial charge in [-0.25, -0.2) is 4.98 Å². The first-order valence-electron chi connectivity index (χ1n) is 5.86. The molecule has 2 rings (SSSR count). The molecule has 0 radical (unpaired) electrons. The number of nitrogens with zero attached hydrogens (tertiary/aromatic N) is 1. The summed E-state index contributed by atoms with van der Waals surface area (Å²) >= 11 is 0. The van der Waals surface area contributed by atoms with Crippen molar-refractivity contribution in [3.8, 4) is 0 Å². The Bertz CT molecular complexity index is 484. The molecule has 1 aromatic heterocycles. The van der Waals surface area contributed by atoms with Crippen LogP contribution >= 0.6 is 0 Å². The van der Waals surface area contributed by atoms with E-state index in [4.69, 9.17) is 4.42 Å². The van der Waals surface area contributed by atoms with Gasteiger partial charge in [-0.05, 0) is 12.5 Å². The Kier molecular flexibility index (Phi) is 3.40. The van der Waals surface area contributed by atoms with E-state index in [2.05, 4.69) is 18.5 Å². The Morgan fingerprint density at radius 3 is 3.00 bits per heavy atom. The maximum atomic E-state index is 5.70. The second kappa shape index (κ2) is 4.97. The molecule has 16 heavy (non-hydrogen) atoms. The monoisotopic (exact) mass is 215 g/mol. The lowest BCUT2D eigenvalue weighted by Crippen LogP contribution is -1.84. The Morgan fingerprint density at radius 1 is 1.38 bits per heavy atom. The fraction of sp³-hybridized carbons (Fsp3) is 0.357. The van der Waals surface area contributed by atoms with E-state index >= 15 is 0 Å². The van der Waals surface area contributed by atoms with E-state index in [-0.39, 0.29) is 0 Å². The van der Waals surface area contributed by atoms with Gasteiger partial charge in [0.2, 0.25) is 0 Å². The van der Waals surface area contributed by atoms with Crippen molar-refractivity contribution in [3.05, 3.63) is 36.2 Å². The third kappa shape index (κ3) is 2.16. The highest BCUT2D eigenvalue weighted by Gasteiger charge is 2.07. The molecule has 2 aromatic rings. The molecule has 0 aliphatic heterocycles. The first-order chi connectivity index (χ1) is 7.85. The lowest BCUT2D eigenvalue weighted by molar-refractivity contribution is 0.513. The van der Waals surface area contributed by atoms with E-state index in [0.717, 1.165) is 35.4 Å². The molecule has 0 amide bonds. The normalized spacial score (nSPS) is 10.8. The Morgan fingerprint density at radius 2 is 2.25 bits per heavy atom. The first-order valence-corrected chi connectivity index (χ1v) is 5.86. The summed E-state index contributed by atoms with van der Waals surface area (Å²) in [5, 5.41) is 0. The fourth-order valence-corrected chi connectivity index (χ4v) is 1.81. The van der Waals surface area contributed by atoms with Crippen LogP contribution in [-0.2, 0) is 6.42 Å². The molecule has 2 heteroatoms. The highest BCUT2D eigenvalue weighted by atomic mass is 16.3. The van der Waals surface area contributed by atoms with Crippen LogP contribution < -0.4 is 0 Å². The zero-order valence-corrected chi connectivity index (χ0v) is 9.70. The van der Waals surface area contributed by atoms with Crippen molar-refractivity contribution in [2.24, 2.45) is 0 Å². The summed E-state index contributed by atoms with van der Waals surface area (Å²) in [7, 11) is 0. The van der Waals surface area contributed by atoms with Gasteiger partial charge in [0.25, 0.3) is 0 Å². The van der Waals surface area contributed by atoms with Crippen LogP contribution in [0.2, 0.25) is 0 Å². The van der Waals surface area contributed by atoms with Gasteiger partial charge in [0, 0.05) is 12.0 Å². The quantitative estimate of drug-likeness (QED) is 0.698. The van der Waals surface area contributed by atoms with Crippen molar-refractivity contribution < 1.29 is 4.42 Å². The number of para-hydroxylation sites is 1. The molecule has 2 nitrogen and oxygen atoms in total. The van der Waals surface area contributed by atoms with E-state index < -0.39 is 0 Å². The zero-order valence-electron chi connectivity index (χ0n) is 9.70. The molecule has 84 valence electrons. The summed E-state index contributed by atoms with van der Waals surface area (Å²) in [6, 6.07) is 5.94. The Balaban J connectivity index is 2.25. The molecule has 0 atom stereocenters. The fourth-order valence-electron chi connectivity index (χ4n) is 1.81. The number of aromatic nitrogens is 1. The van der Waals surface area contributed by atoms with Crippen LogP contribution in [0.1, 0.15) is 37.6 Å². The predicted molar refractivity (Wildman–Crippen MR) is 67.3 cm³/mol. The summed E-state index contributed by atoms with van der Waals surface area (Å²) in [4.78, 5) is 4.52. The molecule has 0 saturated heterocycles. The Labute approximate surface area is 96.0 Å². The van der Waals surface area contributed by atoms with Gasteiger partial charge in [-0.15, -0.1) is 0 Å². The van der Waals surface area contributed by atoms with E-state index in [0.29, 0.717) is 0 Å². The van der Waals surface area contributed by atoms with Crippen molar-refractivity contribution in [2.75, 3.05) is 0 Å². The van der Waals surface area contributed by atoms with Crippen molar-refractivity contribution in [3.63, 3.8) is 0 Å². The predicted octanol–water partition coefficient (Wildman–Crippen LogP) is 4.20. The topological polar surface area (TPSA) is 26.0 Å². The standard InChI is InChI=1S/C14H17NO/c1-3-5-6-10-13-15-14-11(4-2)8-7-9-12(14)16-13/h4,7-9H,2-3,5-6,10H2,1H3. The minimum absolute atomic E-state index is 0.845. The van der Waals surface area contributed by atoms with Gasteiger partial charge in [-0.2, -0.15) is 0 Å². The van der Waals surface area contributed by atoms with Crippen LogP contribution in [0.25, 0.3) is 17.2 Å². The molecular weight excluding hydrogens is 198 g/mol. The number of unbranched alkanes of at least 4 members (excludes halogenated alkanes) is 2. The smallest absolute Gasteiger partial charge is 0.195 e. The van der Waals surface area contributed by atoms with Gasteiger partial charge in [0.1, 0.15) is 5.52 Å². The summed E-state index contributed by atoms with van der Waals surface area (Å²) in [6.07, 6.45) is 6.34. The van der Waals surface area contributed by atoms with Gasteiger partial charge in [0.05, 0.1) is 0 Å². The maximum Gasteiger partial charge on any atom is 0.195 e. The third-order valence-electron chi connectivity index (χ3n) is 2.71. The number of hydrogen-bond acceptors (Lipinski definition) is 2. The molecular formula is C14H17NO. The van der Waals surface area contributed by atoms with E-state index in [1.165, 1.54) is 12.8 Å². The van der Waals surface area contributed by atoms with Gasteiger partial charge in [-0.1, -0.05) is 44.6 Å². The minimum atomic E-state index is 0.845. The molecule has 1 heterocycles. The molecule has 0 N–H and O–H groups in total. The third-order valence-corrected chi connectivity index (χ3v) is 2.71. The second-order valence-corrected chi connectivity index (χ2v) is 3.96. The Hall–Kier alpha value is -1.57. The SMILES string of the molecule is C=Cc1cccc2oc(CCCCC)nc12. The highest BCUT2D eigenvalue weighted by molar-refractivity contribution is 5.82. The van der Waals surface area contributed by atoms with Gasteiger partial charge >= 0.3 is 0 Å². The molecule has 0 fully saturated rings. The molecule has 0 aliphatic carbocycles. The van der Waals surface area contributed by atoms with Crippen LogP contribution in [0.5, 0.6) is 0 Å². The van der Waals surface area contributed by atoms with Crippen LogP contribution in [0.15, 0.2) is 29.2 Å². The molecule has 1 aromatic carbocycles. The molecule has 0 saturated carbocycles. The summed E-state index contributed by atoms with van der Waals surface area (Å²) in [6.45, 7) is 5.98. The maximum absolute atomic E-state index is 5.70. The van der Waals surface area contributed by atoms with E-state index in [1.54, 1.807) is 0 Å². The lowest BCUT2D eigenvalue weighted by Gasteiger charge is -1.92. The number of oxazole rings is 1. The van der Waals surface area contributed by atoms with Crippen LogP contribution in [-0.4, -0.2) is 4.98 Å². The summed E-state index contributed by atoms with van der Waals surface area (Å²) in [5.74, 6) is 0.845. The zero-order chi connectivity index (χ0) is 11.4. The lowest BCUT2D eigenvalue weighted by atomic mass is 10.2. The average Bonchev–Trinajstić information content (AvgIpc) is 2.71.